The number of aryl methyl sites for hydroxylation is 2. The van der Waals surface area contributed by atoms with Crippen LogP contribution in [0.25, 0.3) is 10.9 Å². The topological polar surface area (TPSA) is 91.2 Å². The molecule has 3 aromatic rings. The number of carbonyl (C=O) groups excluding carboxylic acids is 1. The van der Waals surface area contributed by atoms with Crippen molar-refractivity contribution in [3.8, 4) is 0 Å². The van der Waals surface area contributed by atoms with Crippen molar-refractivity contribution in [3.63, 3.8) is 0 Å². The molecule has 1 aliphatic heterocycles. The molecule has 2 aromatic heterocycles. The molecular formula is C25H31N5O2S. The molecule has 0 atom stereocenters. The highest BCUT2D eigenvalue weighted by Gasteiger charge is 2.40. The van der Waals surface area contributed by atoms with Gasteiger partial charge in [0.1, 0.15) is 17.2 Å². The highest BCUT2D eigenvalue weighted by atomic mass is 32.1. The number of benzene rings is 1. The fourth-order valence-corrected chi connectivity index (χ4v) is 6.02. The van der Waals surface area contributed by atoms with Crippen LogP contribution in [0.1, 0.15) is 48.4 Å². The zero-order chi connectivity index (χ0) is 23.0. The third-order valence-electron chi connectivity index (χ3n) is 7.11. The van der Waals surface area contributed by atoms with E-state index in [2.05, 4.69) is 31.2 Å². The summed E-state index contributed by atoms with van der Waals surface area (Å²) >= 11 is 1.54. The minimum atomic E-state index is -0.703. The second-order valence-electron chi connectivity index (χ2n) is 9.68. The lowest BCUT2D eigenvalue weighted by Gasteiger charge is -2.48. The number of aromatic nitrogens is 3. The average molecular weight is 466 g/mol. The summed E-state index contributed by atoms with van der Waals surface area (Å²) in [5.74, 6) is 2.08. The molecule has 3 heterocycles. The van der Waals surface area contributed by atoms with E-state index in [1.165, 1.54) is 0 Å². The fraction of sp³-hybridized carbons (Fsp3) is 0.520. The van der Waals surface area contributed by atoms with Gasteiger partial charge in [-0.15, -0.1) is 11.3 Å². The van der Waals surface area contributed by atoms with Crippen LogP contribution in [-0.2, 0) is 10.4 Å². The maximum Gasteiger partial charge on any atom is 0.152 e. The minimum Gasteiger partial charge on any atom is -0.384 e. The second kappa shape index (κ2) is 9.08. The van der Waals surface area contributed by atoms with Gasteiger partial charge < -0.3 is 10.4 Å². The van der Waals surface area contributed by atoms with E-state index in [4.69, 9.17) is 0 Å². The zero-order valence-electron chi connectivity index (χ0n) is 19.3. The fourth-order valence-electron chi connectivity index (χ4n) is 5.24. The molecule has 2 fully saturated rings. The van der Waals surface area contributed by atoms with Gasteiger partial charge >= 0.3 is 0 Å². The molecule has 5 rings (SSSR count). The van der Waals surface area contributed by atoms with Gasteiger partial charge in [0, 0.05) is 37.1 Å². The maximum atomic E-state index is 12.6. The number of hydrogen-bond donors (Lipinski definition) is 2. The lowest BCUT2D eigenvalue weighted by atomic mass is 9.79. The number of hydrogen-bond acceptors (Lipinski definition) is 8. The molecule has 1 aromatic carbocycles. The van der Waals surface area contributed by atoms with Crippen molar-refractivity contribution in [3.05, 3.63) is 46.2 Å². The van der Waals surface area contributed by atoms with E-state index in [9.17, 15) is 9.90 Å². The Morgan fingerprint density at radius 2 is 2.03 bits per heavy atom. The summed E-state index contributed by atoms with van der Waals surface area (Å²) in [7, 11) is 0. The first-order chi connectivity index (χ1) is 15.9. The van der Waals surface area contributed by atoms with Crippen LogP contribution in [0, 0.1) is 19.8 Å². The zero-order valence-corrected chi connectivity index (χ0v) is 20.1. The van der Waals surface area contributed by atoms with Crippen LogP contribution >= 0.6 is 11.3 Å². The molecule has 1 aliphatic carbocycles. The smallest absolute Gasteiger partial charge is 0.152 e. The molecular weight excluding hydrogens is 434 g/mol. The first kappa shape index (κ1) is 22.4. The molecule has 33 heavy (non-hydrogen) atoms. The number of carbonyl (C=O) groups is 1. The van der Waals surface area contributed by atoms with Crippen LogP contribution in [0.4, 0.5) is 5.82 Å². The normalized spacial score (nSPS) is 24.0. The molecule has 2 aliphatic rings. The molecule has 0 amide bonds. The SMILES string of the molecule is Cc1ccc2nc(C)nc(NCC(=O)CC3CN(C4CCC(O)(c5cncs5)CC4)C3)c2c1. The Morgan fingerprint density at radius 1 is 1.24 bits per heavy atom. The molecule has 0 spiro atoms. The Bertz CT molecular complexity index is 1140. The second-order valence-corrected chi connectivity index (χ2v) is 10.6. The van der Waals surface area contributed by atoms with E-state index >= 15 is 0 Å². The Hall–Kier alpha value is -2.42. The molecule has 0 radical (unpaired) electrons. The summed E-state index contributed by atoms with van der Waals surface area (Å²) in [5, 5.41) is 15.2. The quantitative estimate of drug-likeness (QED) is 0.548. The number of anilines is 1. The molecule has 1 saturated heterocycles. The highest BCUT2D eigenvalue weighted by Crippen LogP contribution is 2.41. The van der Waals surface area contributed by atoms with Gasteiger partial charge in [-0.25, -0.2) is 9.97 Å². The Balaban J connectivity index is 1.09. The molecule has 0 unspecified atom stereocenters. The third kappa shape index (κ3) is 4.78. The number of nitrogens with zero attached hydrogens (tertiary/aromatic N) is 4. The van der Waals surface area contributed by atoms with E-state index in [-0.39, 0.29) is 5.78 Å². The standard InChI is InChI=1S/C25H31N5O2S/c1-16-3-4-22-21(9-16)24(29-17(2)28-22)27-11-20(31)10-18-13-30(14-18)19-5-7-25(32,8-6-19)23-12-26-15-33-23/h3-4,9,12,15,18-19,32H,5-8,10-11,13-14H2,1-2H3,(H,27,28,29). The number of aliphatic hydroxyl groups is 1. The number of fused-ring (bicyclic) bond motifs is 1. The number of thiazole rings is 1. The summed E-state index contributed by atoms with van der Waals surface area (Å²) in [6, 6.07) is 6.61. The van der Waals surface area contributed by atoms with Crippen LogP contribution in [0.2, 0.25) is 0 Å². The number of rotatable bonds is 7. The van der Waals surface area contributed by atoms with Crippen molar-refractivity contribution in [2.75, 3.05) is 25.0 Å². The van der Waals surface area contributed by atoms with Gasteiger partial charge in [0.25, 0.3) is 0 Å². The van der Waals surface area contributed by atoms with Crippen molar-refractivity contribution in [2.24, 2.45) is 5.92 Å². The van der Waals surface area contributed by atoms with Gasteiger partial charge in [-0.3, -0.25) is 14.7 Å². The Labute approximate surface area is 198 Å². The van der Waals surface area contributed by atoms with Gasteiger partial charge in [-0.1, -0.05) is 11.6 Å². The summed E-state index contributed by atoms with van der Waals surface area (Å²) < 4.78 is 0. The van der Waals surface area contributed by atoms with E-state index in [1.807, 2.05) is 26.0 Å². The monoisotopic (exact) mass is 465 g/mol. The van der Waals surface area contributed by atoms with Crippen molar-refractivity contribution < 1.29 is 9.90 Å². The predicted molar refractivity (Wildman–Crippen MR) is 130 cm³/mol. The van der Waals surface area contributed by atoms with Crippen LogP contribution in [0.3, 0.4) is 0 Å². The highest BCUT2D eigenvalue weighted by molar-refractivity contribution is 7.09. The van der Waals surface area contributed by atoms with Gasteiger partial charge in [0.05, 0.1) is 22.4 Å². The van der Waals surface area contributed by atoms with Gasteiger partial charge in [0.15, 0.2) is 5.78 Å². The van der Waals surface area contributed by atoms with Crippen molar-refractivity contribution >= 4 is 33.8 Å². The van der Waals surface area contributed by atoms with E-state index < -0.39 is 5.60 Å². The van der Waals surface area contributed by atoms with Crippen molar-refractivity contribution in [1.29, 1.82) is 0 Å². The lowest BCUT2D eigenvalue weighted by molar-refractivity contribution is -0.120. The number of nitrogens with one attached hydrogen (secondary N) is 1. The van der Waals surface area contributed by atoms with Crippen LogP contribution in [-0.4, -0.2) is 56.4 Å². The number of Topliss-reactive ketones (excluding diaryl/α,β-unsaturated/α-hetero) is 1. The summed E-state index contributed by atoms with van der Waals surface area (Å²) in [4.78, 5) is 29.3. The lowest BCUT2D eigenvalue weighted by Crippen LogP contribution is -2.54. The first-order valence-electron chi connectivity index (χ1n) is 11.8. The molecule has 8 heteroatoms. The third-order valence-corrected chi connectivity index (χ3v) is 8.07. The average Bonchev–Trinajstić information content (AvgIpc) is 3.31. The largest absolute Gasteiger partial charge is 0.384 e. The number of ketones is 1. The molecule has 7 nitrogen and oxygen atoms in total. The van der Waals surface area contributed by atoms with E-state index in [0.717, 1.165) is 65.9 Å². The van der Waals surface area contributed by atoms with Gasteiger partial charge in [-0.05, 0) is 57.6 Å². The van der Waals surface area contributed by atoms with E-state index in [0.29, 0.717) is 30.7 Å². The molecule has 2 N–H and O–H groups in total. The summed E-state index contributed by atoms with van der Waals surface area (Å²) in [5.41, 5.74) is 3.13. The molecule has 0 bridgehead atoms. The van der Waals surface area contributed by atoms with Crippen molar-refractivity contribution in [1.82, 2.24) is 19.9 Å². The Morgan fingerprint density at radius 3 is 2.76 bits per heavy atom. The predicted octanol–water partition coefficient (Wildman–Crippen LogP) is 3.84. The van der Waals surface area contributed by atoms with Crippen LogP contribution in [0.5, 0.6) is 0 Å². The summed E-state index contributed by atoms with van der Waals surface area (Å²) in [6.45, 7) is 6.16. The van der Waals surface area contributed by atoms with Crippen LogP contribution in [0.15, 0.2) is 29.9 Å². The van der Waals surface area contributed by atoms with Crippen molar-refractivity contribution in [2.45, 2.75) is 57.6 Å². The molecule has 174 valence electrons. The maximum absolute atomic E-state index is 12.6. The van der Waals surface area contributed by atoms with E-state index in [1.54, 1.807) is 23.0 Å². The van der Waals surface area contributed by atoms with Gasteiger partial charge in [0.2, 0.25) is 0 Å². The Kier molecular flexibility index (Phi) is 6.16. The summed E-state index contributed by atoms with van der Waals surface area (Å²) in [6.07, 6.45) is 5.97. The number of likely N-dealkylation sites (tertiary alicyclic amines) is 1. The van der Waals surface area contributed by atoms with Gasteiger partial charge in [-0.2, -0.15) is 0 Å². The first-order valence-corrected chi connectivity index (χ1v) is 12.6. The minimum absolute atomic E-state index is 0.222. The van der Waals surface area contributed by atoms with Crippen LogP contribution < -0.4 is 5.32 Å². The molecule has 1 saturated carbocycles.